The van der Waals surface area contributed by atoms with Crippen LogP contribution in [0, 0.1) is 11.3 Å². The number of amides is 1. The van der Waals surface area contributed by atoms with Gasteiger partial charge >= 0.3 is 0 Å². The van der Waals surface area contributed by atoms with Crippen LogP contribution in [-0.4, -0.2) is 23.0 Å². The molecule has 2 aromatic heterocycles. The second-order valence-electron chi connectivity index (χ2n) is 6.23. The molecule has 29 heavy (non-hydrogen) atoms. The van der Waals surface area contributed by atoms with Crippen molar-refractivity contribution in [2.24, 2.45) is 0 Å². The molecule has 0 radical (unpaired) electrons. The third-order valence-corrected chi connectivity index (χ3v) is 5.43. The third-order valence-electron chi connectivity index (χ3n) is 4.37. The lowest BCUT2D eigenvalue weighted by molar-refractivity contribution is 0.0985. The van der Waals surface area contributed by atoms with E-state index in [-0.39, 0.29) is 12.5 Å². The molecule has 2 aromatic carbocycles. The van der Waals surface area contributed by atoms with E-state index >= 15 is 0 Å². The minimum absolute atomic E-state index is 0.203. The van der Waals surface area contributed by atoms with Gasteiger partial charge in [0.1, 0.15) is 5.75 Å². The van der Waals surface area contributed by atoms with E-state index in [9.17, 15) is 4.79 Å². The molecule has 4 rings (SSSR count). The van der Waals surface area contributed by atoms with Crippen LogP contribution in [0.15, 0.2) is 66.9 Å². The van der Waals surface area contributed by atoms with Crippen LogP contribution in [0.3, 0.4) is 0 Å². The van der Waals surface area contributed by atoms with E-state index < -0.39 is 0 Å². The van der Waals surface area contributed by atoms with Crippen LogP contribution in [0.4, 0.5) is 5.13 Å². The zero-order valence-corrected chi connectivity index (χ0v) is 16.4. The molecule has 2 heterocycles. The molecule has 0 N–H and O–H groups in total. The van der Waals surface area contributed by atoms with Gasteiger partial charge in [-0.15, -0.1) is 0 Å². The molecule has 0 unspecified atom stereocenters. The summed E-state index contributed by atoms with van der Waals surface area (Å²) < 4.78 is 6.23. The molecule has 0 aliphatic rings. The smallest absolute Gasteiger partial charge is 0.260 e. The number of carbonyl (C=O) groups is 1. The van der Waals surface area contributed by atoms with Crippen molar-refractivity contribution in [2.45, 2.75) is 6.54 Å². The number of anilines is 1. The van der Waals surface area contributed by atoms with Crippen molar-refractivity contribution in [3.8, 4) is 11.8 Å². The molecule has 0 saturated heterocycles. The predicted octanol–water partition coefficient (Wildman–Crippen LogP) is 4.42. The van der Waals surface area contributed by atoms with E-state index in [0.29, 0.717) is 22.0 Å². The Labute approximate surface area is 171 Å². The summed E-state index contributed by atoms with van der Waals surface area (Å²) in [6, 6.07) is 19.9. The molecule has 0 saturated carbocycles. The summed E-state index contributed by atoms with van der Waals surface area (Å²) in [5.74, 6) is 0.509. The monoisotopic (exact) mass is 400 g/mol. The molecule has 142 valence electrons. The molecule has 0 aliphatic carbocycles. The first-order chi connectivity index (χ1) is 14.2. The Bertz CT molecular complexity index is 1200. The molecular formula is C22H16N4O2S. The number of hydrogen-bond acceptors (Lipinski definition) is 6. The van der Waals surface area contributed by atoms with Crippen molar-refractivity contribution in [3.63, 3.8) is 0 Å². The lowest BCUT2D eigenvalue weighted by atomic mass is 10.1. The highest BCUT2D eigenvalue weighted by molar-refractivity contribution is 7.22. The average Bonchev–Trinajstić information content (AvgIpc) is 3.20. The van der Waals surface area contributed by atoms with Crippen molar-refractivity contribution in [3.05, 3.63) is 83.7 Å². The molecule has 0 spiro atoms. The molecule has 0 fully saturated rings. The highest BCUT2D eigenvalue weighted by Crippen LogP contribution is 2.32. The number of nitrogens with zero attached hydrogens (tertiary/aromatic N) is 4. The van der Waals surface area contributed by atoms with Crippen LogP contribution in [0.5, 0.6) is 5.75 Å². The van der Waals surface area contributed by atoms with Crippen LogP contribution in [0.2, 0.25) is 0 Å². The number of ether oxygens (including phenoxy) is 1. The normalized spacial score (nSPS) is 10.5. The van der Waals surface area contributed by atoms with Crippen molar-refractivity contribution in [1.82, 2.24) is 9.97 Å². The second kappa shape index (κ2) is 8.09. The van der Waals surface area contributed by atoms with Gasteiger partial charge in [-0.2, -0.15) is 5.26 Å². The molecule has 0 atom stereocenters. The minimum Gasteiger partial charge on any atom is -0.497 e. The first-order valence-corrected chi connectivity index (χ1v) is 9.66. The van der Waals surface area contributed by atoms with Crippen LogP contribution >= 0.6 is 11.3 Å². The fourth-order valence-corrected chi connectivity index (χ4v) is 3.80. The first kappa shape index (κ1) is 18.6. The number of benzene rings is 2. The van der Waals surface area contributed by atoms with Gasteiger partial charge in [-0.25, -0.2) is 4.98 Å². The maximum atomic E-state index is 13.3. The Morgan fingerprint density at radius 3 is 2.69 bits per heavy atom. The summed E-state index contributed by atoms with van der Waals surface area (Å²) in [5.41, 5.74) is 2.51. The molecule has 1 amide bonds. The number of hydrogen-bond donors (Lipinski definition) is 0. The van der Waals surface area contributed by atoms with Gasteiger partial charge in [0.15, 0.2) is 5.13 Å². The Morgan fingerprint density at radius 1 is 1.17 bits per heavy atom. The quantitative estimate of drug-likeness (QED) is 0.495. The maximum absolute atomic E-state index is 13.3. The number of thiazole rings is 1. The number of nitriles is 1. The summed E-state index contributed by atoms with van der Waals surface area (Å²) >= 11 is 1.43. The Kier molecular flexibility index (Phi) is 5.18. The SMILES string of the molecule is COc1ccc2sc(N(Cc3ccccn3)C(=O)c3ccc(C#N)cc3)nc2c1. The van der Waals surface area contributed by atoms with Crippen molar-refractivity contribution in [2.75, 3.05) is 12.0 Å². The fourth-order valence-electron chi connectivity index (χ4n) is 2.86. The Morgan fingerprint density at radius 2 is 2.00 bits per heavy atom. The molecule has 0 aliphatic heterocycles. The number of fused-ring (bicyclic) bond motifs is 1. The van der Waals surface area contributed by atoms with E-state index in [1.807, 2.05) is 36.4 Å². The standard InChI is InChI=1S/C22H16N4O2S/c1-28-18-9-10-20-19(12-18)25-22(29-20)26(14-17-4-2-3-11-24-17)21(27)16-7-5-15(13-23)6-8-16/h2-12H,14H2,1H3. The topological polar surface area (TPSA) is 79.1 Å². The zero-order chi connectivity index (χ0) is 20.2. The summed E-state index contributed by atoms with van der Waals surface area (Å²) in [6.07, 6.45) is 1.70. The molecule has 0 bridgehead atoms. The number of methoxy groups -OCH3 is 1. The molecule has 4 aromatic rings. The van der Waals surface area contributed by atoms with E-state index in [4.69, 9.17) is 10.00 Å². The van der Waals surface area contributed by atoms with Gasteiger partial charge in [0, 0.05) is 17.8 Å². The first-order valence-electron chi connectivity index (χ1n) is 8.84. The van der Waals surface area contributed by atoms with Crippen molar-refractivity contribution in [1.29, 1.82) is 5.26 Å². The van der Waals surface area contributed by atoms with E-state index in [2.05, 4.69) is 16.0 Å². The lowest BCUT2D eigenvalue weighted by Gasteiger charge is -2.19. The van der Waals surface area contributed by atoms with Gasteiger partial charge in [-0.05, 0) is 48.5 Å². The van der Waals surface area contributed by atoms with E-state index in [1.165, 1.54) is 11.3 Å². The fraction of sp³-hybridized carbons (Fsp3) is 0.0909. The average molecular weight is 400 g/mol. The Hall–Kier alpha value is -3.76. The lowest BCUT2D eigenvalue weighted by Crippen LogP contribution is -2.30. The number of aromatic nitrogens is 2. The van der Waals surface area contributed by atoms with E-state index in [0.717, 1.165) is 15.9 Å². The largest absolute Gasteiger partial charge is 0.497 e. The summed E-state index contributed by atoms with van der Waals surface area (Å²) in [7, 11) is 1.61. The highest BCUT2D eigenvalue weighted by Gasteiger charge is 2.22. The number of carbonyl (C=O) groups excluding carboxylic acids is 1. The molecule has 7 heteroatoms. The van der Waals surface area contributed by atoms with Gasteiger partial charge in [-0.3, -0.25) is 14.7 Å². The van der Waals surface area contributed by atoms with Crippen LogP contribution in [-0.2, 0) is 6.54 Å². The summed E-state index contributed by atoms with van der Waals surface area (Å²) in [6.45, 7) is 0.288. The van der Waals surface area contributed by atoms with Gasteiger partial charge in [0.05, 0.1) is 41.2 Å². The van der Waals surface area contributed by atoms with E-state index in [1.54, 1.807) is 42.5 Å². The summed E-state index contributed by atoms with van der Waals surface area (Å²) in [4.78, 5) is 23.9. The van der Waals surface area contributed by atoms with Gasteiger partial charge in [-0.1, -0.05) is 17.4 Å². The second-order valence-corrected chi connectivity index (χ2v) is 7.24. The van der Waals surface area contributed by atoms with Crippen molar-refractivity contribution >= 4 is 32.6 Å². The third kappa shape index (κ3) is 3.93. The van der Waals surface area contributed by atoms with Crippen LogP contribution in [0.25, 0.3) is 10.2 Å². The Balaban J connectivity index is 1.75. The molecular weight excluding hydrogens is 384 g/mol. The van der Waals surface area contributed by atoms with Crippen LogP contribution < -0.4 is 9.64 Å². The highest BCUT2D eigenvalue weighted by atomic mass is 32.1. The van der Waals surface area contributed by atoms with Gasteiger partial charge < -0.3 is 4.74 Å². The minimum atomic E-state index is -0.203. The van der Waals surface area contributed by atoms with Crippen LogP contribution in [0.1, 0.15) is 21.6 Å². The number of rotatable bonds is 5. The van der Waals surface area contributed by atoms with Gasteiger partial charge in [0.2, 0.25) is 0 Å². The summed E-state index contributed by atoms with van der Waals surface area (Å²) in [5, 5.41) is 9.58. The predicted molar refractivity (Wildman–Crippen MR) is 112 cm³/mol. The van der Waals surface area contributed by atoms with Crippen molar-refractivity contribution < 1.29 is 9.53 Å². The maximum Gasteiger partial charge on any atom is 0.260 e. The number of pyridine rings is 1. The zero-order valence-electron chi connectivity index (χ0n) is 15.6. The molecule has 6 nitrogen and oxygen atoms in total. The van der Waals surface area contributed by atoms with Gasteiger partial charge in [0.25, 0.3) is 5.91 Å².